The molecule has 0 aromatic rings. The summed E-state index contributed by atoms with van der Waals surface area (Å²) in [6.45, 7) is 10.6. The first-order chi connectivity index (χ1) is 7.10. The van der Waals surface area contributed by atoms with E-state index in [0.717, 1.165) is 0 Å². The van der Waals surface area contributed by atoms with E-state index in [1.54, 1.807) is 0 Å². The molecule has 0 aromatic carbocycles. The summed E-state index contributed by atoms with van der Waals surface area (Å²) in [4.78, 5) is 0. The van der Waals surface area contributed by atoms with Crippen molar-refractivity contribution >= 4 is 10.2 Å². The van der Waals surface area contributed by atoms with Crippen LogP contribution < -0.4 is 10.0 Å². The fourth-order valence-electron chi connectivity index (χ4n) is 1.92. The highest BCUT2D eigenvalue weighted by Crippen LogP contribution is 2.11. The van der Waals surface area contributed by atoms with Crippen LogP contribution in [-0.4, -0.2) is 43.4 Å². The third kappa shape index (κ3) is 4.01. The average Bonchev–Trinajstić information content (AvgIpc) is 1.96. The third-order valence-corrected chi connectivity index (χ3v) is 4.15. The summed E-state index contributed by atoms with van der Waals surface area (Å²) in [5, 5.41) is 3.31. The average molecular weight is 249 g/mol. The van der Waals surface area contributed by atoms with Gasteiger partial charge in [0.05, 0.1) is 0 Å². The van der Waals surface area contributed by atoms with Crippen LogP contribution in [0.15, 0.2) is 0 Å². The molecule has 0 bridgehead atoms. The van der Waals surface area contributed by atoms with Crippen molar-refractivity contribution in [2.45, 2.75) is 52.2 Å². The standard InChI is InChI=1S/C10H23N3O2S/c1-8-6-13(7-9(2)11-8)16(14,15)12-10(3,4)5/h8-9,11-12H,6-7H2,1-5H3. The van der Waals surface area contributed by atoms with E-state index < -0.39 is 15.7 Å². The van der Waals surface area contributed by atoms with Gasteiger partial charge in [-0.25, -0.2) is 0 Å². The number of nitrogens with one attached hydrogen (secondary N) is 2. The number of piperazine rings is 1. The third-order valence-electron chi connectivity index (χ3n) is 2.30. The van der Waals surface area contributed by atoms with E-state index in [9.17, 15) is 8.42 Å². The Balaban J connectivity index is 2.76. The molecule has 1 aliphatic heterocycles. The zero-order valence-electron chi connectivity index (χ0n) is 10.7. The van der Waals surface area contributed by atoms with Crippen LogP contribution in [0, 0.1) is 0 Å². The molecule has 0 radical (unpaired) electrons. The van der Waals surface area contributed by atoms with E-state index in [-0.39, 0.29) is 12.1 Å². The van der Waals surface area contributed by atoms with Gasteiger partial charge in [-0.1, -0.05) is 0 Å². The van der Waals surface area contributed by atoms with Crippen LogP contribution in [0.4, 0.5) is 0 Å². The van der Waals surface area contributed by atoms with Crippen molar-refractivity contribution in [3.8, 4) is 0 Å². The van der Waals surface area contributed by atoms with Crippen molar-refractivity contribution in [2.24, 2.45) is 0 Å². The topological polar surface area (TPSA) is 61.4 Å². The van der Waals surface area contributed by atoms with Crippen molar-refractivity contribution in [3.63, 3.8) is 0 Å². The Morgan fingerprint density at radius 1 is 1.19 bits per heavy atom. The van der Waals surface area contributed by atoms with E-state index in [1.807, 2.05) is 34.6 Å². The molecule has 0 aliphatic carbocycles. The minimum Gasteiger partial charge on any atom is -0.309 e. The molecular formula is C10H23N3O2S. The predicted octanol–water partition coefficient (Wildman–Crippen LogP) is 0.302. The van der Waals surface area contributed by atoms with Crippen LogP contribution in [0.1, 0.15) is 34.6 Å². The van der Waals surface area contributed by atoms with Gasteiger partial charge in [-0.2, -0.15) is 17.4 Å². The summed E-state index contributed by atoms with van der Waals surface area (Å²) in [7, 11) is -3.36. The number of hydrogen-bond donors (Lipinski definition) is 2. The van der Waals surface area contributed by atoms with Crippen molar-refractivity contribution in [3.05, 3.63) is 0 Å². The lowest BCUT2D eigenvalue weighted by atomic mass is 10.1. The molecule has 0 saturated carbocycles. The Labute approximate surface area is 98.8 Å². The molecule has 0 aromatic heterocycles. The molecule has 5 nitrogen and oxygen atoms in total. The summed E-state index contributed by atoms with van der Waals surface area (Å²) >= 11 is 0. The first-order valence-electron chi connectivity index (χ1n) is 5.65. The van der Waals surface area contributed by atoms with Gasteiger partial charge in [0.25, 0.3) is 10.2 Å². The van der Waals surface area contributed by atoms with E-state index in [1.165, 1.54) is 4.31 Å². The second-order valence-corrected chi connectivity index (χ2v) is 7.31. The molecule has 2 atom stereocenters. The molecule has 16 heavy (non-hydrogen) atoms. The molecule has 1 fully saturated rings. The zero-order valence-corrected chi connectivity index (χ0v) is 11.6. The summed E-state index contributed by atoms with van der Waals surface area (Å²) in [5.74, 6) is 0. The highest BCUT2D eigenvalue weighted by atomic mass is 32.2. The molecule has 1 rings (SSSR count). The molecule has 2 unspecified atom stereocenters. The lowest BCUT2D eigenvalue weighted by molar-refractivity contribution is 0.257. The molecule has 1 saturated heterocycles. The van der Waals surface area contributed by atoms with Crippen molar-refractivity contribution in [1.82, 2.24) is 14.3 Å². The van der Waals surface area contributed by atoms with Crippen LogP contribution in [-0.2, 0) is 10.2 Å². The smallest absolute Gasteiger partial charge is 0.280 e. The van der Waals surface area contributed by atoms with Gasteiger partial charge in [-0.05, 0) is 34.6 Å². The Bertz CT molecular complexity index is 324. The van der Waals surface area contributed by atoms with Crippen LogP contribution in [0.5, 0.6) is 0 Å². The predicted molar refractivity (Wildman–Crippen MR) is 65.4 cm³/mol. The van der Waals surface area contributed by atoms with E-state index in [4.69, 9.17) is 0 Å². The first kappa shape index (κ1) is 13.9. The van der Waals surface area contributed by atoms with Gasteiger partial charge < -0.3 is 5.32 Å². The maximum Gasteiger partial charge on any atom is 0.280 e. The Morgan fingerprint density at radius 2 is 1.62 bits per heavy atom. The maximum atomic E-state index is 12.1. The minimum atomic E-state index is -3.36. The highest BCUT2D eigenvalue weighted by Gasteiger charge is 2.32. The molecule has 0 spiro atoms. The summed E-state index contributed by atoms with van der Waals surface area (Å²) in [5.41, 5.74) is -0.434. The normalized spacial score (nSPS) is 29.3. The second-order valence-electron chi connectivity index (χ2n) is 5.64. The van der Waals surface area contributed by atoms with Gasteiger partial charge in [0, 0.05) is 30.7 Å². The molecule has 0 amide bonds. The molecule has 1 aliphatic rings. The molecular weight excluding hydrogens is 226 g/mol. The van der Waals surface area contributed by atoms with E-state index in [2.05, 4.69) is 10.0 Å². The first-order valence-corrected chi connectivity index (χ1v) is 7.09. The summed E-state index contributed by atoms with van der Waals surface area (Å²) in [6.07, 6.45) is 0. The molecule has 96 valence electrons. The number of hydrogen-bond acceptors (Lipinski definition) is 3. The van der Waals surface area contributed by atoms with Gasteiger partial charge in [0.2, 0.25) is 0 Å². The van der Waals surface area contributed by atoms with Crippen LogP contribution >= 0.6 is 0 Å². The Morgan fingerprint density at radius 3 is 2.00 bits per heavy atom. The largest absolute Gasteiger partial charge is 0.309 e. The van der Waals surface area contributed by atoms with Crippen LogP contribution in [0.25, 0.3) is 0 Å². The van der Waals surface area contributed by atoms with Crippen LogP contribution in [0.3, 0.4) is 0 Å². The van der Waals surface area contributed by atoms with Gasteiger partial charge in [0.1, 0.15) is 0 Å². The Hall–Kier alpha value is -0.170. The summed E-state index contributed by atoms with van der Waals surface area (Å²) < 4.78 is 28.4. The lowest BCUT2D eigenvalue weighted by Gasteiger charge is -2.36. The summed E-state index contributed by atoms with van der Waals surface area (Å²) in [6, 6.07) is 0.389. The minimum absolute atomic E-state index is 0.195. The van der Waals surface area contributed by atoms with Crippen molar-refractivity contribution < 1.29 is 8.42 Å². The van der Waals surface area contributed by atoms with Crippen molar-refractivity contribution in [1.29, 1.82) is 0 Å². The van der Waals surface area contributed by atoms with Gasteiger partial charge in [0.15, 0.2) is 0 Å². The Kier molecular flexibility index (Phi) is 3.99. The number of nitrogens with zero attached hydrogens (tertiary/aromatic N) is 1. The SMILES string of the molecule is CC1CN(S(=O)(=O)NC(C)(C)C)CC(C)N1. The van der Waals surface area contributed by atoms with Gasteiger partial charge >= 0.3 is 0 Å². The maximum absolute atomic E-state index is 12.1. The fraction of sp³-hybridized carbons (Fsp3) is 1.00. The van der Waals surface area contributed by atoms with E-state index in [0.29, 0.717) is 13.1 Å². The zero-order chi connectivity index (χ0) is 12.6. The number of rotatable bonds is 2. The molecule has 2 N–H and O–H groups in total. The molecule has 6 heteroatoms. The van der Waals surface area contributed by atoms with Gasteiger partial charge in [-0.3, -0.25) is 0 Å². The fourth-order valence-corrected chi connectivity index (χ4v) is 3.67. The molecule has 1 heterocycles. The van der Waals surface area contributed by atoms with Gasteiger partial charge in [-0.15, -0.1) is 0 Å². The quantitative estimate of drug-likeness (QED) is 0.740. The van der Waals surface area contributed by atoms with Crippen LogP contribution in [0.2, 0.25) is 0 Å². The van der Waals surface area contributed by atoms with Crippen molar-refractivity contribution in [2.75, 3.05) is 13.1 Å². The van der Waals surface area contributed by atoms with E-state index >= 15 is 0 Å². The lowest BCUT2D eigenvalue weighted by Crippen LogP contribution is -2.59. The highest BCUT2D eigenvalue weighted by molar-refractivity contribution is 7.87. The second kappa shape index (κ2) is 4.60. The monoisotopic (exact) mass is 249 g/mol.